The summed E-state index contributed by atoms with van der Waals surface area (Å²) < 4.78 is 0. The van der Waals surface area contributed by atoms with Gasteiger partial charge in [0.25, 0.3) is 0 Å². The lowest BCUT2D eigenvalue weighted by molar-refractivity contribution is 0.0682. The van der Waals surface area contributed by atoms with Crippen LogP contribution in [0.2, 0.25) is 0 Å². The van der Waals surface area contributed by atoms with Gasteiger partial charge in [-0.2, -0.15) is 0 Å². The molecule has 3 aromatic carbocycles. The Balaban J connectivity index is 1.61. The van der Waals surface area contributed by atoms with Gasteiger partial charge < -0.3 is 20.4 Å². The van der Waals surface area contributed by atoms with E-state index >= 15 is 0 Å². The van der Waals surface area contributed by atoms with E-state index in [-0.39, 0.29) is 22.6 Å². The molecule has 6 nitrogen and oxygen atoms in total. The molecule has 0 bridgehead atoms. The number of benzene rings is 3. The highest BCUT2D eigenvalue weighted by molar-refractivity contribution is 5.93. The van der Waals surface area contributed by atoms with Crippen molar-refractivity contribution >= 4 is 11.9 Å². The Labute approximate surface area is 235 Å². The van der Waals surface area contributed by atoms with Gasteiger partial charge in [-0.1, -0.05) is 75.6 Å². The lowest BCUT2D eigenvalue weighted by Gasteiger charge is -2.20. The molecule has 6 heteroatoms. The Bertz CT molecular complexity index is 1290. The molecule has 2 aliphatic carbocycles. The molecule has 0 aromatic heterocycles. The number of hydrogen-bond donors (Lipinski definition) is 4. The zero-order valence-electron chi connectivity index (χ0n) is 22.9. The van der Waals surface area contributed by atoms with Crippen LogP contribution in [0.1, 0.15) is 96.1 Å². The summed E-state index contributed by atoms with van der Waals surface area (Å²) in [5.41, 5.74) is 5.50. The molecule has 40 heavy (non-hydrogen) atoms. The predicted molar refractivity (Wildman–Crippen MR) is 155 cm³/mol. The van der Waals surface area contributed by atoms with Crippen molar-refractivity contribution in [3.8, 4) is 33.8 Å². The van der Waals surface area contributed by atoms with Crippen molar-refractivity contribution in [2.24, 2.45) is 11.8 Å². The van der Waals surface area contributed by atoms with Gasteiger partial charge in [0, 0.05) is 0 Å². The maximum Gasteiger partial charge on any atom is 0.339 e. The maximum atomic E-state index is 11.5. The summed E-state index contributed by atoms with van der Waals surface area (Å²) in [7, 11) is 0. The fourth-order valence-corrected chi connectivity index (χ4v) is 6.72. The normalized spacial score (nSPS) is 16.0. The van der Waals surface area contributed by atoms with Gasteiger partial charge in [-0.25, -0.2) is 9.59 Å². The SMILES string of the molecule is O=C(O)c1ccc(-c2cc(CCC3CCCC3)c(-c3ccc(C(=O)O)c(O)c3)cc2CCC2CCCC2)cc1O. The summed E-state index contributed by atoms with van der Waals surface area (Å²) in [6.45, 7) is 0. The summed E-state index contributed by atoms with van der Waals surface area (Å²) in [6, 6.07) is 13.9. The molecule has 210 valence electrons. The number of aromatic carboxylic acids is 2. The van der Waals surface area contributed by atoms with Crippen LogP contribution < -0.4 is 0 Å². The van der Waals surface area contributed by atoms with E-state index in [1.165, 1.54) is 63.5 Å². The van der Waals surface area contributed by atoms with E-state index in [0.717, 1.165) is 59.1 Å². The summed E-state index contributed by atoms with van der Waals surface area (Å²) in [6.07, 6.45) is 13.8. The molecule has 0 unspecified atom stereocenters. The van der Waals surface area contributed by atoms with Crippen molar-refractivity contribution in [3.05, 3.63) is 70.8 Å². The number of hydrogen-bond acceptors (Lipinski definition) is 4. The summed E-state index contributed by atoms with van der Waals surface area (Å²) >= 11 is 0. The number of carboxylic acid groups (broad SMARTS) is 2. The summed E-state index contributed by atoms with van der Waals surface area (Å²) in [5.74, 6) is -1.47. The van der Waals surface area contributed by atoms with Crippen LogP contribution in [0.3, 0.4) is 0 Å². The molecule has 2 saturated carbocycles. The minimum absolute atomic E-state index is 0.122. The van der Waals surface area contributed by atoms with Crippen molar-refractivity contribution in [2.45, 2.75) is 77.0 Å². The fourth-order valence-electron chi connectivity index (χ4n) is 6.72. The highest BCUT2D eigenvalue weighted by Gasteiger charge is 2.21. The van der Waals surface area contributed by atoms with E-state index in [2.05, 4.69) is 12.1 Å². The van der Waals surface area contributed by atoms with E-state index in [4.69, 9.17) is 0 Å². The minimum Gasteiger partial charge on any atom is -0.507 e. The van der Waals surface area contributed by atoms with Crippen molar-refractivity contribution in [1.82, 2.24) is 0 Å². The number of carboxylic acids is 2. The predicted octanol–water partition coefficient (Wildman–Crippen LogP) is 8.07. The number of carbonyl (C=O) groups is 2. The number of aromatic hydroxyl groups is 2. The topological polar surface area (TPSA) is 115 Å². The van der Waals surface area contributed by atoms with Crippen LogP contribution in [0.25, 0.3) is 22.3 Å². The van der Waals surface area contributed by atoms with Gasteiger partial charge in [-0.15, -0.1) is 0 Å². The third-order valence-corrected chi connectivity index (χ3v) is 9.00. The molecule has 3 aromatic rings. The third-order valence-electron chi connectivity index (χ3n) is 9.00. The first-order chi connectivity index (χ1) is 19.3. The molecule has 0 saturated heterocycles. The Morgan fingerprint density at radius 2 is 0.975 bits per heavy atom. The van der Waals surface area contributed by atoms with Gasteiger partial charge in [-0.05, 0) is 95.2 Å². The van der Waals surface area contributed by atoms with Gasteiger partial charge in [0.1, 0.15) is 22.6 Å². The van der Waals surface area contributed by atoms with E-state index < -0.39 is 11.9 Å². The van der Waals surface area contributed by atoms with E-state index in [1.807, 2.05) is 0 Å². The minimum atomic E-state index is -1.16. The quantitative estimate of drug-likeness (QED) is 0.206. The monoisotopic (exact) mass is 542 g/mol. The first-order valence-electron chi connectivity index (χ1n) is 14.6. The van der Waals surface area contributed by atoms with Gasteiger partial charge in [0.2, 0.25) is 0 Å². The largest absolute Gasteiger partial charge is 0.507 e. The smallest absolute Gasteiger partial charge is 0.339 e. The number of aryl methyl sites for hydroxylation is 2. The molecule has 5 rings (SSSR count). The van der Waals surface area contributed by atoms with Crippen molar-refractivity contribution in [2.75, 3.05) is 0 Å². The molecule has 4 N–H and O–H groups in total. The average Bonchev–Trinajstić information content (AvgIpc) is 3.65. The van der Waals surface area contributed by atoms with E-state index in [9.17, 15) is 30.0 Å². The standard InChI is InChI=1S/C34H38O6/c35-31-19-25(13-15-27(31)33(37)38)29-18-24(12-10-22-7-3-4-8-22)30(17-23(29)11-9-21-5-1-2-6-21)26-14-16-28(34(39)40)32(36)20-26/h13-22,35-36H,1-12H2,(H,37,38)(H,39,40). The molecule has 2 fully saturated rings. The van der Waals surface area contributed by atoms with Crippen LogP contribution in [-0.4, -0.2) is 32.4 Å². The van der Waals surface area contributed by atoms with Crippen molar-refractivity contribution in [1.29, 1.82) is 0 Å². The molecule has 0 atom stereocenters. The van der Waals surface area contributed by atoms with Crippen LogP contribution in [-0.2, 0) is 12.8 Å². The average molecular weight is 543 g/mol. The second-order valence-corrected chi connectivity index (χ2v) is 11.6. The van der Waals surface area contributed by atoms with Gasteiger partial charge in [0.15, 0.2) is 0 Å². The Morgan fingerprint density at radius 3 is 1.30 bits per heavy atom. The molecule has 0 amide bonds. The van der Waals surface area contributed by atoms with Crippen LogP contribution in [0.15, 0.2) is 48.5 Å². The number of phenols is 2. The van der Waals surface area contributed by atoms with Gasteiger partial charge in [0.05, 0.1) is 0 Å². The second kappa shape index (κ2) is 12.2. The lowest BCUT2D eigenvalue weighted by Crippen LogP contribution is -2.04. The molecule has 0 radical (unpaired) electrons. The van der Waals surface area contributed by atoms with Crippen LogP contribution in [0.5, 0.6) is 11.5 Å². The summed E-state index contributed by atoms with van der Waals surface area (Å²) in [4.78, 5) is 23.1. The fraction of sp³-hybridized carbons (Fsp3) is 0.412. The van der Waals surface area contributed by atoms with Crippen molar-refractivity contribution < 1.29 is 30.0 Å². The Kier molecular flexibility index (Phi) is 8.43. The Hall–Kier alpha value is -3.80. The summed E-state index contributed by atoms with van der Waals surface area (Å²) in [5, 5.41) is 39.9. The molecule has 0 aliphatic heterocycles. The third kappa shape index (κ3) is 6.16. The first kappa shape index (κ1) is 27.8. The highest BCUT2D eigenvalue weighted by Crippen LogP contribution is 2.39. The second-order valence-electron chi connectivity index (χ2n) is 11.6. The molecule has 2 aliphatic rings. The van der Waals surface area contributed by atoms with Gasteiger partial charge in [-0.3, -0.25) is 0 Å². The molecule has 0 heterocycles. The molecular formula is C34H38O6. The zero-order valence-corrected chi connectivity index (χ0v) is 22.9. The van der Waals surface area contributed by atoms with Crippen LogP contribution >= 0.6 is 0 Å². The zero-order chi connectivity index (χ0) is 28.2. The van der Waals surface area contributed by atoms with Crippen LogP contribution in [0, 0.1) is 11.8 Å². The molecular weight excluding hydrogens is 504 g/mol. The van der Waals surface area contributed by atoms with Crippen molar-refractivity contribution in [3.63, 3.8) is 0 Å². The maximum absolute atomic E-state index is 11.5. The van der Waals surface area contributed by atoms with Crippen LogP contribution in [0.4, 0.5) is 0 Å². The number of rotatable bonds is 10. The lowest BCUT2D eigenvalue weighted by atomic mass is 9.85. The van der Waals surface area contributed by atoms with E-state index in [1.54, 1.807) is 24.3 Å². The highest BCUT2D eigenvalue weighted by atomic mass is 16.4. The van der Waals surface area contributed by atoms with E-state index in [0.29, 0.717) is 11.8 Å². The molecule has 0 spiro atoms. The van der Waals surface area contributed by atoms with Gasteiger partial charge >= 0.3 is 11.9 Å². The Morgan fingerprint density at radius 1 is 0.600 bits per heavy atom. The first-order valence-corrected chi connectivity index (χ1v) is 14.6.